The van der Waals surface area contributed by atoms with Crippen LogP contribution in [0.5, 0.6) is 5.75 Å². The average molecular weight is 450 g/mol. The molecule has 4 rings (SSSR count). The first-order chi connectivity index (χ1) is 15.9. The number of nitrogens with zero attached hydrogens (tertiary/aromatic N) is 1. The van der Waals surface area contributed by atoms with Crippen LogP contribution in [0.15, 0.2) is 54.1 Å². The number of carbonyl (C=O) groups excluding carboxylic acids is 2. The van der Waals surface area contributed by atoms with Gasteiger partial charge in [-0.2, -0.15) is 0 Å². The molecule has 2 fully saturated rings. The van der Waals surface area contributed by atoms with E-state index in [4.69, 9.17) is 9.47 Å². The van der Waals surface area contributed by atoms with Crippen molar-refractivity contribution >= 4 is 17.4 Å². The molecule has 2 aliphatic heterocycles. The standard InChI is InChI=1S/C27H31NO5/c1-17(2)16-33-20-10-6-9-19(14-20)25(29)23-24(22-12-5-4-8-18(22)3)28(27(31)26(23)30)15-21-11-7-13-32-21/h4-6,8-10,12,14,17,21,24,29H,7,11,13,15-16H2,1-3H3/b25-23+. The van der Waals surface area contributed by atoms with Crippen molar-refractivity contribution in [3.63, 3.8) is 0 Å². The van der Waals surface area contributed by atoms with E-state index < -0.39 is 17.7 Å². The maximum Gasteiger partial charge on any atom is 0.295 e. The Labute approximate surface area is 194 Å². The van der Waals surface area contributed by atoms with Gasteiger partial charge in [0.25, 0.3) is 11.7 Å². The first-order valence-electron chi connectivity index (χ1n) is 11.6. The number of ketones is 1. The Kier molecular flexibility index (Phi) is 6.84. The Hall–Kier alpha value is -3.12. The fraction of sp³-hybridized carbons (Fsp3) is 0.407. The predicted molar refractivity (Wildman–Crippen MR) is 126 cm³/mol. The van der Waals surface area contributed by atoms with Crippen molar-refractivity contribution in [1.82, 2.24) is 4.90 Å². The van der Waals surface area contributed by atoms with Gasteiger partial charge in [0.05, 0.1) is 24.3 Å². The van der Waals surface area contributed by atoms with E-state index in [1.54, 1.807) is 23.1 Å². The van der Waals surface area contributed by atoms with Gasteiger partial charge in [0.15, 0.2) is 0 Å². The Morgan fingerprint density at radius 1 is 1.18 bits per heavy atom. The van der Waals surface area contributed by atoms with Crippen LogP contribution in [0.2, 0.25) is 0 Å². The van der Waals surface area contributed by atoms with Crippen LogP contribution in [0.4, 0.5) is 0 Å². The normalized spacial score (nSPS) is 22.4. The van der Waals surface area contributed by atoms with E-state index in [1.165, 1.54) is 0 Å². The quantitative estimate of drug-likeness (QED) is 0.379. The smallest absolute Gasteiger partial charge is 0.295 e. The molecule has 2 aromatic rings. The minimum Gasteiger partial charge on any atom is -0.507 e. The first kappa shape index (κ1) is 23.1. The molecule has 0 radical (unpaired) electrons. The highest BCUT2D eigenvalue weighted by Crippen LogP contribution is 2.41. The number of aryl methyl sites for hydroxylation is 1. The summed E-state index contributed by atoms with van der Waals surface area (Å²) in [5, 5.41) is 11.3. The Balaban J connectivity index is 1.78. The van der Waals surface area contributed by atoms with Gasteiger partial charge in [0.1, 0.15) is 11.5 Å². The van der Waals surface area contributed by atoms with Gasteiger partial charge in [-0.1, -0.05) is 50.2 Å². The lowest BCUT2D eigenvalue weighted by molar-refractivity contribution is -0.140. The largest absolute Gasteiger partial charge is 0.507 e. The van der Waals surface area contributed by atoms with Gasteiger partial charge in [-0.15, -0.1) is 0 Å². The minimum absolute atomic E-state index is 0.105. The number of aliphatic hydroxyl groups is 1. The summed E-state index contributed by atoms with van der Waals surface area (Å²) in [6.07, 6.45) is 1.67. The second-order valence-electron chi connectivity index (χ2n) is 9.18. The second-order valence-corrected chi connectivity index (χ2v) is 9.18. The molecule has 0 aliphatic carbocycles. The Morgan fingerprint density at radius 3 is 2.67 bits per heavy atom. The number of hydrogen-bond acceptors (Lipinski definition) is 5. The topological polar surface area (TPSA) is 76.1 Å². The SMILES string of the molecule is Cc1ccccc1C1/C(=C(\O)c2cccc(OCC(C)C)c2)C(=O)C(=O)N1CC1CCCO1. The molecule has 2 aliphatic rings. The van der Waals surface area contributed by atoms with Gasteiger partial charge in [-0.3, -0.25) is 9.59 Å². The molecule has 0 aromatic heterocycles. The van der Waals surface area contributed by atoms with Crippen molar-refractivity contribution < 1.29 is 24.2 Å². The molecule has 1 amide bonds. The Bertz CT molecular complexity index is 1070. The molecule has 33 heavy (non-hydrogen) atoms. The van der Waals surface area contributed by atoms with E-state index >= 15 is 0 Å². The monoisotopic (exact) mass is 449 g/mol. The van der Waals surface area contributed by atoms with Crippen molar-refractivity contribution in [3.05, 3.63) is 70.8 Å². The van der Waals surface area contributed by atoms with Crippen molar-refractivity contribution in [2.45, 2.75) is 45.8 Å². The molecule has 0 bridgehead atoms. The fourth-order valence-corrected chi connectivity index (χ4v) is 4.44. The summed E-state index contributed by atoms with van der Waals surface area (Å²) in [6.45, 7) is 7.58. The van der Waals surface area contributed by atoms with Gasteiger partial charge in [0.2, 0.25) is 0 Å². The number of rotatable bonds is 7. The van der Waals surface area contributed by atoms with E-state index in [-0.39, 0.29) is 17.4 Å². The second kappa shape index (κ2) is 9.79. The molecule has 1 N–H and O–H groups in total. The van der Waals surface area contributed by atoms with Crippen LogP contribution in [-0.2, 0) is 14.3 Å². The molecule has 2 unspecified atom stereocenters. The third-order valence-corrected chi connectivity index (χ3v) is 6.14. The minimum atomic E-state index is -0.674. The molecule has 0 saturated carbocycles. The number of likely N-dealkylation sites (tertiary alicyclic amines) is 1. The first-order valence-corrected chi connectivity index (χ1v) is 11.6. The molecule has 2 saturated heterocycles. The number of hydrogen-bond donors (Lipinski definition) is 1. The lowest BCUT2D eigenvalue weighted by Crippen LogP contribution is -2.36. The maximum absolute atomic E-state index is 13.2. The number of ether oxygens (including phenoxy) is 2. The molecule has 2 atom stereocenters. The maximum atomic E-state index is 13.2. The van der Waals surface area contributed by atoms with Crippen LogP contribution in [0.25, 0.3) is 5.76 Å². The molecular weight excluding hydrogens is 418 g/mol. The number of aliphatic hydroxyl groups excluding tert-OH is 1. The summed E-state index contributed by atoms with van der Waals surface area (Å²) < 4.78 is 11.6. The highest BCUT2D eigenvalue weighted by Gasteiger charge is 2.47. The van der Waals surface area contributed by atoms with Crippen LogP contribution in [-0.4, -0.2) is 47.6 Å². The van der Waals surface area contributed by atoms with Crippen molar-refractivity contribution in [1.29, 1.82) is 0 Å². The van der Waals surface area contributed by atoms with Gasteiger partial charge >= 0.3 is 0 Å². The van der Waals surface area contributed by atoms with Crippen LogP contribution < -0.4 is 4.74 Å². The zero-order valence-corrected chi connectivity index (χ0v) is 19.4. The number of carbonyl (C=O) groups is 2. The summed E-state index contributed by atoms with van der Waals surface area (Å²) in [7, 11) is 0. The summed E-state index contributed by atoms with van der Waals surface area (Å²) in [5.74, 6) is -0.508. The molecule has 6 nitrogen and oxygen atoms in total. The van der Waals surface area contributed by atoms with Gasteiger partial charge in [-0.05, 0) is 48.9 Å². The molecule has 2 heterocycles. The van der Waals surface area contributed by atoms with Crippen LogP contribution >= 0.6 is 0 Å². The van der Waals surface area contributed by atoms with Gasteiger partial charge in [-0.25, -0.2) is 0 Å². The van der Waals surface area contributed by atoms with Gasteiger partial charge < -0.3 is 19.5 Å². The van der Waals surface area contributed by atoms with E-state index in [0.29, 0.717) is 37.0 Å². The number of amides is 1. The summed E-state index contributed by atoms with van der Waals surface area (Å²) in [5.41, 5.74) is 2.32. The van der Waals surface area contributed by atoms with E-state index in [9.17, 15) is 14.7 Å². The summed E-state index contributed by atoms with van der Waals surface area (Å²) in [4.78, 5) is 27.9. The van der Waals surface area contributed by atoms with Crippen LogP contribution in [0.1, 0.15) is 49.4 Å². The van der Waals surface area contributed by atoms with Gasteiger partial charge in [0, 0.05) is 18.7 Å². The van der Waals surface area contributed by atoms with E-state index in [0.717, 1.165) is 24.0 Å². The number of benzene rings is 2. The average Bonchev–Trinajstić information content (AvgIpc) is 3.40. The molecule has 2 aromatic carbocycles. The Morgan fingerprint density at radius 2 is 1.97 bits per heavy atom. The number of Topliss-reactive ketones (excluding diaryl/α,β-unsaturated/α-hetero) is 1. The summed E-state index contributed by atoms with van der Waals surface area (Å²) >= 11 is 0. The molecular formula is C27H31NO5. The van der Waals surface area contributed by atoms with Crippen LogP contribution in [0, 0.1) is 12.8 Å². The highest BCUT2D eigenvalue weighted by molar-refractivity contribution is 6.46. The third-order valence-electron chi connectivity index (χ3n) is 6.14. The third kappa shape index (κ3) is 4.81. The predicted octanol–water partition coefficient (Wildman–Crippen LogP) is 4.63. The van der Waals surface area contributed by atoms with Crippen molar-refractivity contribution in [2.24, 2.45) is 5.92 Å². The molecule has 0 spiro atoms. The lowest BCUT2D eigenvalue weighted by Gasteiger charge is -2.28. The molecule has 174 valence electrons. The lowest BCUT2D eigenvalue weighted by atomic mass is 9.92. The van der Waals surface area contributed by atoms with E-state index in [1.807, 2.05) is 37.3 Å². The van der Waals surface area contributed by atoms with Crippen molar-refractivity contribution in [2.75, 3.05) is 19.8 Å². The fourth-order valence-electron chi connectivity index (χ4n) is 4.44. The molecule has 6 heteroatoms. The summed E-state index contributed by atoms with van der Waals surface area (Å²) in [6, 6.07) is 14.0. The van der Waals surface area contributed by atoms with E-state index in [2.05, 4.69) is 13.8 Å². The highest BCUT2D eigenvalue weighted by atomic mass is 16.5. The van der Waals surface area contributed by atoms with Crippen molar-refractivity contribution in [3.8, 4) is 5.75 Å². The van der Waals surface area contributed by atoms with Crippen LogP contribution in [0.3, 0.4) is 0 Å². The zero-order chi connectivity index (χ0) is 23.5. The zero-order valence-electron chi connectivity index (χ0n) is 19.4.